The van der Waals surface area contributed by atoms with Crippen LogP contribution in [0.25, 0.3) is 0 Å². The summed E-state index contributed by atoms with van der Waals surface area (Å²) in [5, 5.41) is 21.6. The molecular weight excluding hydrogens is 328 g/mol. The predicted octanol–water partition coefficient (Wildman–Crippen LogP) is 4.16. The van der Waals surface area contributed by atoms with E-state index in [1.165, 1.54) is 12.5 Å². The van der Waals surface area contributed by atoms with Crippen LogP contribution in [0.4, 0.5) is 0 Å². The number of esters is 1. The molecule has 4 heteroatoms. The van der Waals surface area contributed by atoms with E-state index in [1.54, 1.807) is 13.0 Å². The summed E-state index contributed by atoms with van der Waals surface area (Å²) in [6.07, 6.45) is 4.71. The molecule has 2 aliphatic rings. The number of hydrogen-bond donors (Lipinski definition) is 2. The maximum absolute atomic E-state index is 11.7. The first-order chi connectivity index (χ1) is 11.9. The first-order valence-electron chi connectivity index (χ1n) is 9.77. The molecule has 0 saturated heterocycles. The third kappa shape index (κ3) is 3.77. The second kappa shape index (κ2) is 7.12. The van der Waals surface area contributed by atoms with Gasteiger partial charge in [-0.2, -0.15) is 0 Å². The minimum Gasteiger partial charge on any atom is -0.455 e. The van der Waals surface area contributed by atoms with Crippen LogP contribution < -0.4 is 0 Å². The van der Waals surface area contributed by atoms with Gasteiger partial charge in [0.25, 0.3) is 0 Å². The second-order valence-corrected chi connectivity index (χ2v) is 9.48. The third-order valence-electron chi connectivity index (χ3n) is 6.90. The van der Waals surface area contributed by atoms with Gasteiger partial charge in [-0.05, 0) is 55.9 Å². The molecule has 4 nitrogen and oxygen atoms in total. The number of carbonyl (C=O) groups is 1. The molecule has 2 rings (SSSR count). The average molecular weight is 365 g/mol. The van der Waals surface area contributed by atoms with Crippen LogP contribution in [0.5, 0.6) is 0 Å². The maximum Gasteiger partial charge on any atom is 0.303 e. The van der Waals surface area contributed by atoms with Gasteiger partial charge in [-0.25, -0.2) is 0 Å². The smallest absolute Gasteiger partial charge is 0.303 e. The lowest BCUT2D eigenvalue weighted by Crippen LogP contribution is -2.57. The fourth-order valence-electron chi connectivity index (χ4n) is 5.62. The molecule has 0 amide bonds. The summed E-state index contributed by atoms with van der Waals surface area (Å²) in [5.41, 5.74) is 1.05. The summed E-state index contributed by atoms with van der Waals surface area (Å²) < 4.78 is 5.56. The summed E-state index contributed by atoms with van der Waals surface area (Å²) in [5.74, 6) is -0.358. The van der Waals surface area contributed by atoms with Crippen molar-refractivity contribution in [1.82, 2.24) is 0 Å². The molecule has 0 aromatic rings. The van der Waals surface area contributed by atoms with Crippen molar-refractivity contribution in [3.63, 3.8) is 0 Å². The van der Waals surface area contributed by atoms with E-state index < -0.39 is 17.8 Å². The first kappa shape index (κ1) is 21.2. The molecule has 148 valence electrons. The molecule has 0 aromatic carbocycles. The Bertz CT molecular complexity index is 601. The largest absolute Gasteiger partial charge is 0.455 e. The average Bonchev–Trinajstić information content (AvgIpc) is 2.49. The van der Waals surface area contributed by atoms with Gasteiger partial charge in [0.2, 0.25) is 0 Å². The summed E-state index contributed by atoms with van der Waals surface area (Å²) in [4.78, 5) is 11.7. The number of rotatable bonds is 5. The molecule has 0 radical (unpaired) electrons. The lowest BCUT2D eigenvalue weighted by molar-refractivity contribution is -0.164. The van der Waals surface area contributed by atoms with Crippen LogP contribution in [0.3, 0.4) is 0 Å². The van der Waals surface area contributed by atoms with E-state index in [9.17, 15) is 15.0 Å². The van der Waals surface area contributed by atoms with Gasteiger partial charge in [-0.15, -0.1) is 6.58 Å². The number of ether oxygens (including phenoxy) is 1. The third-order valence-corrected chi connectivity index (χ3v) is 6.90. The Morgan fingerprint density at radius 3 is 2.54 bits per heavy atom. The van der Waals surface area contributed by atoms with Gasteiger partial charge in [0.1, 0.15) is 6.10 Å². The van der Waals surface area contributed by atoms with E-state index in [0.29, 0.717) is 12.8 Å². The summed E-state index contributed by atoms with van der Waals surface area (Å²) in [6, 6.07) is 0. The highest BCUT2D eigenvalue weighted by Crippen LogP contribution is 2.60. The minimum atomic E-state index is -0.934. The highest BCUT2D eigenvalue weighted by atomic mass is 16.6. The van der Waals surface area contributed by atoms with Gasteiger partial charge >= 0.3 is 5.97 Å². The zero-order valence-corrected chi connectivity index (χ0v) is 17.3. The van der Waals surface area contributed by atoms with Crippen molar-refractivity contribution >= 4 is 5.97 Å². The number of carbonyl (C=O) groups excluding carboxylic acids is 1. The van der Waals surface area contributed by atoms with E-state index >= 15 is 0 Å². The van der Waals surface area contributed by atoms with E-state index in [1.807, 2.05) is 6.92 Å². The number of fused-ring (bicyclic) bond motifs is 1. The molecule has 0 heterocycles. The quantitative estimate of drug-likeness (QED) is 0.568. The van der Waals surface area contributed by atoms with Crippen LogP contribution in [-0.4, -0.2) is 34.0 Å². The number of aliphatic hydroxyl groups excluding tert-OH is 1. The molecule has 0 bridgehead atoms. The van der Waals surface area contributed by atoms with Crippen LogP contribution in [0.15, 0.2) is 23.8 Å². The fourth-order valence-corrected chi connectivity index (χ4v) is 5.62. The van der Waals surface area contributed by atoms with Gasteiger partial charge in [0.15, 0.2) is 0 Å². The van der Waals surface area contributed by atoms with Crippen molar-refractivity contribution in [2.24, 2.45) is 16.7 Å². The van der Waals surface area contributed by atoms with Crippen LogP contribution in [0.2, 0.25) is 0 Å². The van der Waals surface area contributed by atoms with Gasteiger partial charge in [-0.3, -0.25) is 4.79 Å². The Labute approximate surface area is 158 Å². The Morgan fingerprint density at radius 2 is 2.00 bits per heavy atom. The van der Waals surface area contributed by atoms with Gasteiger partial charge in [0.05, 0.1) is 11.7 Å². The summed E-state index contributed by atoms with van der Waals surface area (Å²) in [7, 11) is 0. The van der Waals surface area contributed by atoms with Crippen molar-refractivity contribution in [2.75, 3.05) is 0 Å². The van der Waals surface area contributed by atoms with Crippen molar-refractivity contribution < 1.29 is 19.7 Å². The van der Waals surface area contributed by atoms with Crippen LogP contribution >= 0.6 is 0 Å². The van der Waals surface area contributed by atoms with Crippen LogP contribution in [-0.2, 0) is 9.53 Å². The standard InChI is InChI=1S/C22H36O4/c1-8-21(6,25)13-10-16-14(2)18(26-15(3)23)17(24)19-20(4,5)11-9-12-22(16,19)7/h8,17-19,24-25H,1,9-13H2,2-7H3/t17-,18+,19+,21+,22-/m1/s1. The SMILES string of the molecule is C=C[C@](C)(O)CCC1=C(C)[C@H](OC(C)=O)[C@@H](O)[C@H]2C(C)(C)CCC[C@]12C. The van der Waals surface area contributed by atoms with Gasteiger partial charge in [0, 0.05) is 12.8 Å². The van der Waals surface area contributed by atoms with Crippen molar-refractivity contribution in [2.45, 2.75) is 91.5 Å². The van der Waals surface area contributed by atoms with Crippen molar-refractivity contribution in [1.29, 1.82) is 0 Å². The first-order valence-corrected chi connectivity index (χ1v) is 9.77. The zero-order chi connectivity index (χ0) is 19.9. The van der Waals surface area contributed by atoms with E-state index in [0.717, 1.165) is 24.8 Å². The molecule has 26 heavy (non-hydrogen) atoms. The number of hydrogen-bond acceptors (Lipinski definition) is 4. The van der Waals surface area contributed by atoms with Crippen molar-refractivity contribution in [3.05, 3.63) is 23.8 Å². The Morgan fingerprint density at radius 1 is 1.38 bits per heavy atom. The molecule has 0 spiro atoms. The van der Waals surface area contributed by atoms with Gasteiger partial charge in [-0.1, -0.05) is 38.8 Å². The molecule has 0 unspecified atom stereocenters. The summed E-state index contributed by atoms with van der Waals surface area (Å²) in [6.45, 7) is 15.5. The van der Waals surface area contributed by atoms with Crippen LogP contribution in [0, 0.1) is 16.7 Å². The highest BCUT2D eigenvalue weighted by molar-refractivity contribution is 5.66. The van der Waals surface area contributed by atoms with E-state index in [-0.39, 0.29) is 22.7 Å². The molecule has 2 N–H and O–H groups in total. The van der Waals surface area contributed by atoms with E-state index in [2.05, 4.69) is 27.4 Å². The Balaban J connectivity index is 2.52. The number of aliphatic hydroxyl groups is 2. The molecular formula is C22H36O4. The topological polar surface area (TPSA) is 66.8 Å². The fraction of sp³-hybridized carbons (Fsp3) is 0.773. The number of allylic oxidation sites excluding steroid dienone is 1. The maximum atomic E-state index is 11.7. The highest BCUT2D eigenvalue weighted by Gasteiger charge is 2.57. The molecule has 1 saturated carbocycles. The minimum absolute atomic E-state index is 0.0143. The summed E-state index contributed by atoms with van der Waals surface area (Å²) >= 11 is 0. The Hall–Kier alpha value is -1.13. The van der Waals surface area contributed by atoms with Crippen molar-refractivity contribution in [3.8, 4) is 0 Å². The Kier molecular flexibility index (Phi) is 5.80. The lowest BCUT2D eigenvalue weighted by Gasteiger charge is -2.58. The molecule has 5 atom stereocenters. The predicted molar refractivity (Wildman–Crippen MR) is 104 cm³/mol. The second-order valence-electron chi connectivity index (χ2n) is 9.48. The van der Waals surface area contributed by atoms with Crippen LogP contribution in [0.1, 0.15) is 73.6 Å². The molecule has 1 fully saturated rings. The molecule has 0 aromatic heterocycles. The normalized spacial score (nSPS) is 36.1. The molecule has 0 aliphatic heterocycles. The van der Waals surface area contributed by atoms with E-state index in [4.69, 9.17) is 4.74 Å². The van der Waals surface area contributed by atoms with Gasteiger partial charge < -0.3 is 14.9 Å². The lowest BCUT2D eigenvalue weighted by atomic mass is 9.48. The molecule has 2 aliphatic carbocycles. The zero-order valence-electron chi connectivity index (χ0n) is 17.3. The monoisotopic (exact) mass is 364 g/mol.